The molecule has 8 aromatic rings. The van der Waals surface area contributed by atoms with Gasteiger partial charge in [-0.15, -0.1) is 0 Å². The van der Waals surface area contributed by atoms with Gasteiger partial charge in [0.2, 0.25) is 11.8 Å². The number of nitrogens with one attached hydrogen (secondary N) is 2. The zero-order valence-electron chi connectivity index (χ0n) is 39.6. The van der Waals surface area contributed by atoms with E-state index in [0.29, 0.717) is 19.3 Å². The van der Waals surface area contributed by atoms with E-state index in [9.17, 15) is 10.2 Å². The highest BCUT2D eigenvalue weighted by Crippen LogP contribution is 2.46. The summed E-state index contributed by atoms with van der Waals surface area (Å²) in [5, 5.41) is 37.8. The topological polar surface area (TPSA) is 98.7 Å². The number of amides is 2. The van der Waals surface area contributed by atoms with Crippen molar-refractivity contribution in [3.63, 3.8) is 0 Å². The van der Waals surface area contributed by atoms with E-state index in [1.54, 1.807) is 0 Å². The molecule has 1 fully saturated rings. The monoisotopic (exact) mass is 898 g/mol. The minimum absolute atomic E-state index is 0.240. The van der Waals surface area contributed by atoms with Gasteiger partial charge in [-0.05, 0) is 95.5 Å². The maximum Gasteiger partial charge on any atom is 0.236 e. The molecule has 0 unspecified atom stereocenters. The van der Waals surface area contributed by atoms with Crippen LogP contribution in [0.2, 0.25) is 0 Å². The third-order valence-electron chi connectivity index (χ3n) is 14.3. The maximum absolute atomic E-state index is 15.7. The predicted octanol–water partition coefficient (Wildman–Crippen LogP) is 11.8. The van der Waals surface area contributed by atoms with Crippen molar-refractivity contribution in [3.05, 3.63) is 238 Å². The van der Waals surface area contributed by atoms with Crippen LogP contribution in [-0.2, 0) is 35.3 Å². The van der Waals surface area contributed by atoms with Crippen LogP contribution in [0.5, 0.6) is 0 Å². The number of aryl methyl sites for hydroxylation is 4. The zero-order valence-corrected chi connectivity index (χ0v) is 39.6. The number of carbonyl (C=O) groups excluding carboxylic acids is 2. The second-order valence-electron chi connectivity index (χ2n) is 19.8. The minimum Gasteiger partial charge on any atom is -0.387 e. The molecule has 9 rings (SSSR count). The summed E-state index contributed by atoms with van der Waals surface area (Å²) in [4.78, 5) is 31.3. The Bertz CT molecular complexity index is 2800. The molecule has 6 heteroatoms. The molecule has 4 N–H and O–H groups in total. The fourth-order valence-corrected chi connectivity index (χ4v) is 10.9. The lowest BCUT2D eigenvalue weighted by Gasteiger charge is -2.45. The lowest BCUT2D eigenvalue weighted by atomic mass is 9.66. The lowest BCUT2D eigenvalue weighted by molar-refractivity contribution is -0.153. The fraction of sp³-hybridized carbons (Fsp3) is 0.258. The summed E-state index contributed by atoms with van der Waals surface area (Å²) in [6.45, 7) is 8.17. The van der Waals surface area contributed by atoms with Gasteiger partial charge in [0.05, 0.1) is 23.3 Å². The molecular weight excluding hydrogens is 837 g/mol. The highest BCUT2D eigenvalue weighted by atomic mass is 16.3. The Morgan fingerprint density at radius 1 is 0.456 bits per heavy atom. The van der Waals surface area contributed by atoms with Gasteiger partial charge >= 0.3 is 0 Å². The van der Waals surface area contributed by atoms with Crippen LogP contribution in [0.25, 0.3) is 21.5 Å². The second kappa shape index (κ2) is 19.4. The molecule has 0 heterocycles. The van der Waals surface area contributed by atoms with E-state index in [2.05, 4.69) is 34.9 Å². The van der Waals surface area contributed by atoms with E-state index < -0.39 is 40.5 Å². The molecule has 2 atom stereocenters. The van der Waals surface area contributed by atoms with Crippen molar-refractivity contribution in [1.82, 2.24) is 10.6 Å². The number of fused-ring (bicyclic) bond motifs is 2. The molecular formula is C62H62N2O4. The molecule has 344 valence electrons. The Kier molecular flexibility index (Phi) is 13.2. The second-order valence-corrected chi connectivity index (χ2v) is 19.8. The first-order valence-electron chi connectivity index (χ1n) is 24.1. The summed E-state index contributed by atoms with van der Waals surface area (Å²) in [6, 6.07) is 58.9. The van der Waals surface area contributed by atoms with Crippen LogP contribution < -0.4 is 10.6 Å². The van der Waals surface area contributed by atoms with Gasteiger partial charge in [-0.25, -0.2) is 0 Å². The smallest absolute Gasteiger partial charge is 0.236 e. The molecule has 1 aliphatic rings. The summed E-state index contributed by atoms with van der Waals surface area (Å²) < 4.78 is 0. The standard InChI is InChI=1S/C62H62N2O4/c1-42-16-9-20-46(34-42)38-61(67,39-47-21-10-17-43(2)35-47)56(54-30-13-26-50-24-5-7-28-52(50)54)63-58(65)60(32-15-33-60)59(66)64-57(55-31-14-27-51-25-6-8-29-53(51)55)62(68,40-48-22-11-18-44(3)36-48)41-49-23-12-19-45(4)37-49/h5-14,16-31,34-37,56-57,67-68H,15,32-33,38-41H2,1-4H3,(H,63,65)(H,64,66)/t56-,57-/m0/s1. The minimum atomic E-state index is -1.55. The van der Waals surface area contributed by atoms with Crippen LogP contribution in [0, 0.1) is 33.1 Å². The van der Waals surface area contributed by atoms with E-state index in [1.807, 2.05) is 185 Å². The van der Waals surface area contributed by atoms with Gasteiger partial charge in [0, 0.05) is 25.7 Å². The maximum atomic E-state index is 15.7. The number of carbonyl (C=O) groups is 2. The molecule has 0 spiro atoms. The number of hydrogen-bond acceptors (Lipinski definition) is 4. The van der Waals surface area contributed by atoms with E-state index in [1.165, 1.54) is 0 Å². The molecule has 0 radical (unpaired) electrons. The van der Waals surface area contributed by atoms with Crippen LogP contribution in [0.1, 0.15) is 87.0 Å². The third-order valence-corrected chi connectivity index (χ3v) is 14.3. The average molecular weight is 899 g/mol. The van der Waals surface area contributed by atoms with Crippen molar-refractivity contribution < 1.29 is 19.8 Å². The van der Waals surface area contributed by atoms with Crippen molar-refractivity contribution in [1.29, 1.82) is 0 Å². The van der Waals surface area contributed by atoms with Crippen LogP contribution in [-0.4, -0.2) is 33.2 Å². The van der Waals surface area contributed by atoms with Gasteiger partial charge in [0.1, 0.15) is 5.41 Å². The van der Waals surface area contributed by atoms with Crippen molar-refractivity contribution in [3.8, 4) is 0 Å². The molecule has 0 bridgehead atoms. The van der Waals surface area contributed by atoms with Crippen LogP contribution in [0.3, 0.4) is 0 Å². The molecule has 0 aromatic heterocycles. The van der Waals surface area contributed by atoms with E-state index in [-0.39, 0.29) is 25.7 Å². The van der Waals surface area contributed by atoms with E-state index >= 15 is 9.59 Å². The first-order chi connectivity index (χ1) is 32.8. The van der Waals surface area contributed by atoms with Crippen LogP contribution >= 0.6 is 0 Å². The highest BCUT2D eigenvalue weighted by Gasteiger charge is 2.54. The summed E-state index contributed by atoms with van der Waals surface area (Å²) in [7, 11) is 0. The van der Waals surface area contributed by atoms with Crippen molar-refractivity contribution in [2.45, 2.75) is 95.9 Å². The molecule has 68 heavy (non-hydrogen) atoms. The SMILES string of the molecule is Cc1cccc(CC(O)(Cc2cccc(C)c2)[C@@H](NC(=O)C2(C(=O)N[C@@H](c3cccc4ccccc34)C(O)(Cc3cccc(C)c3)Cc3cccc(C)c3)CCC2)c2cccc3ccccc23)c1. The van der Waals surface area contributed by atoms with Gasteiger partial charge in [-0.3, -0.25) is 9.59 Å². The Morgan fingerprint density at radius 2 is 0.765 bits per heavy atom. The fourth-order valence-electron chi connectivity index (χ4n) is 10.9. The molecule has 8 aromatic carbocycles. The Hall–Kier alpha value is -6.86. The van der Waals surface area contributed by atoms with Crippen LogP contribution in [0.4, 0.5) is 0 Å². The first-order valence-corrected chi connectivity index (χ1v) is 24.1. The van der Waals surface area contributed by atoms with Crippen molar-refractivity contribution in [2.75, 3.05) is 0 Å². The largest absolute Gasteiger partial charge is 0.387 e. The molecule has 6 nitrogen and oxygen atoms in total. The molecule has 1 saturated carbocycles. The van der Waals surface area contributed by atoms with Gasteiger partial charge in [0.15, 0.2) is 0 Å². The average Bonchev–Trinajstić information content (AvgIpc) is 3.29. The van der Waals surface area contributed by atoms with Crippen molar-refractivity contribution in [2.24, 2.45) is 5.41 Å². The normalized spacial score (nSPS) is 14.5. The first kappa shape index (κ1) is 46.3. The summed E-state index contributed by atoms with van der Waals surface area (Å²) >= 11 is 0. The molecule has 2 amide bonds. The third kappa shape index (κ3) is 9.76. The van der Waals surface area contributed by atoms with Crippen molar-refractivity contribution >= 4 is 33.4 Å². The van der Waals surface area contributed by atoms with Gasteiger partial charge in [0.25, 0.3) is 0 Å². The Labute approximate surface area is 401 Å². The van der Waals surface area contributed by atoms with Gasteiger partial charge in [-0.1, -0.05) is 211 Å². The number of rotatable bonds is 16. The van der Waals surface area contributed by atoms with Gasteiger partial charge < -0.3 is 20.8 Å². The van der Waals surface area contributed by atoms with Crippen LogP contribution in [0.15, 0.2) is 182 Å². The summed E-state index contributed by atoms with van der Waals surface area (Å²) in [5.41, 5.74) is 5.02. The molecule has 1 aliphatic carbocycles. The number of hydrogen-bond donors (Lipinski definition) is 4. The Morgan fingerprint density at radius 3 is 1.07 bits per heavy atom. The van der Waals surface area contributed by atoms with E-state index in [4.69, 9.17) is 0 Å². The highest BCUT2D eigenvalue weighted by molar-refractivity contribution is 6.06. The van der Waals surface area contributed by atoms with Gasteiger partial charge in [-0.2, -0.15) is 0 Å². The Balaban J connectivity index is 1.16. The zero-order chi connectivity index (χ0) is 47.5. The summed E-state index contributed by atoms with van der Waals surface area (Å²) in [6.07, 6.45) is 2.27. The number of benzene rings is 8. The van der Waals surface area contributed by atoms with E-state index in [0.717, 1.165) is 77.2 Å². The molecule has 0 saturated heterocycles. The lowest BCUT2D eigenvalue weighted by Crippen LogP contribution is -2.61. The summed E-state index contributed by atoms with van der Waals surface area (Å²) in [5.74, 6) is -0.882. The quantitative estimate of drug-likeness (QED) is 0.0726. The number of aliphatic hydroxyl groups is 2. The molecule has 0 aliphatic heterocycles. The predicted molar refractivity (Wildman–Crippen MR) is 275 cm³/mol.